The third kappa shape index (κ3) is 4.15. The molecule has 6 nitrogen and oxygen atoms in total. The molecule has 0 radical (unpaired) electrons. The maximum absolute atomic E-state index is 11.7. The van der Waals surface area contributed by atoms with Gasteiger partial charge in [-0.3, -0.25) is 5.32 Å². The summed E-state index contributed by atoms with van der Waals surface area (Å²) in [5, 5.41) is 12.9. The van der Waals surface area contributed by atoms with Gasteiger partial charge in [0.15, 0.2) is 0 Å². The molecule has 2 amide bonds. The lowest BCUT2D eigenvalue weighted by atomic mass is 10.3. The molecule has 2 aromatic rings. The third-order valence-electron chi connectivity index (χ3n) is 2.05. The number of aromatic nitrogens is 3. The number of nitrogens with one attached hydrogen (secondary N) is 3. The van der Waals surface area contributed by atoms with E-state index in [1.165, 1.54) is 11.8 Å². The Kier molecular flexibility index (Phi) is 4.64. The minimum absolute atomic E-state index is 0.301. The zero-order chi connectivity index (χ0) is 13.7. The lowest BCUT2D eigenvalue weighted by Gasteiger charge is -2.05. The molecule has 1 aromatic heterocycles. The number of aromatic amines is 1. The van der Waals surface area contributed by atoms with Gasteiger partial charge in [0.1, 0.15) is 0 Å². The predicted octanol–water partition coefficient (Wildman–Crippen LogP) is 3.21. The molecule has 19 heavy (non-hydrogen) atoms. The van der Waals surface area contributed by atoms with Gasteiger partial charge < -0.3 is 5.32 Å². The molecule has 0 aliphatic carbocycles. The molecule has 1 aromatic carbocycles. The van der Waals surface area contributed by atoms with Gasteiger partial charge in [0.05, 0.1) is 0 Å². The van der Waals surface area contributed by atoms with Crippen molar-refractivity contribution < 1.29 is 4.79 Å². The summed E-state index contributed by atoms with van der Waals surface area (Å²) >= 11 is 7.31. The number of halogens is 1. The maximum Gasteiger partial charge on any atom is 0.326 e. The van der Waals surface area contributed by atoms with E-state index in [-0.39, 0.29) is 0 Å². The van der Waals surface area contributed by atoms with E-state index in [1.54, 1.807) is 24.3 Å². The second-order valence-electron chi connectivity index (χ2n) is 3.49. The standard InChI is InChI=1S/C11H12ClN5OS/c1-2-19-11-15-9(16-17-11)14-10(18)13-8-5-3-4-7(12)6-8/h3-6H,2H2,1H3,(H3,13,14,15,16,17,18). The van der Waals surface area contributed by atoms with Crippen LogP contribution < -0.4 is 10.6 Å². The molecule has 0 aliphatic heterocycles. The molecule has 8 heteroatoms. The Morgan fingerprint density at radius 3 is 3.05 bits per heavy atom. The zero-order valence-corrected chi connectivity index (χ0v) is 11.7. The number of H-pyrrole nitrogens is 1. The molecule has 0 bridgehead atoms. The molecule has 0 atom stereocenters. The molecular weight excluding hydrogens is 286 g/mol. The first-order valence-corrected chi connectivity index (χ1v) is 6.92. The van der Waals surface area contributed by atoms with E-state index in [0.717, 1.165) is 5.75 Å². The van der Waals surface area contributed by atoms with E-state index in [0.29, 0.717) is 21.8 Å². The monoisotopic (exact) mass is 297 g/mol. The number of nitrogens with zero attached hydrogens (tertiary/aromatic N) is 2. The Morgan fingerprint density at radius 1 is 1.47 bits per heavy atom. The Morgan fingerprint density at radius 2 is 2.32 bits per heavy atom. The summed E-state index contributed by atoms with van der Waals surface area (Å²) in [4.78, 5) is 15.8. The van der Waals surface area contributed by atoms with Crippen LogP contribution in [0.2, 0.25) is 5.02 Å². The van der Waals surface area contributed by atoms with Crippen molar-refractivity contribution in [3.8, 4) is 0 Å². The number of anilines is 2. The SMILES string of the molecule is CCSc1n[nH]c(NC(=O)Nc2cccc(Cl)c2)n1. The summed E-state index contributed by atoms with van der Waals surface area (Å²) in [6, 6.07) is 6.47. The van der Waals surface area contributed by atoms with E-state index in [2.05, 4.69) is 25.8 Å². The Bertz CT molecular complexity index is 574. The van der Waals surface area contributed by atoms with Gasteiger partial charge in [0, 0.05) is 10.7 Å². The topological polar surface area (TPSA) is 82.7 Å². The lowest BCUT2D eigenvalue weighted by molar-refractivity contribution is 0.262. The first kappa shape index (κ1) is 13.7. The number of hydrogen-bond acceptors (Lipinski definition) is 4. The van der Waals surface area contributed by atoms with Crippen LogP contribution in [-0.4, -0.2) is 27.0 Å². The number of carbonyl (C=O) groups excluding carboxylic acids is 1. The molecule has 0 aliphatic rings. The van der Waals surface area contributed by atoms with Crippen LogP contribution in [0.1, 0.15) is 6.92 Å². The highest BCUT2D eigenvalue weighted by Gasteiger charge is 2.07. The minimum Gasteiger partial charge on any atom is -0.308 e. The fourth-order valence-corrected chi connectivity index (χ4v) is 2.05. The number of amides is 2. The molecule has 0 fully saturated rings. The molecule has 0 saturated carbocycles. The predicted molar refractivity (Wildman–Crippen MR) is 76.9 cm³/mol. The number of rotatable bonds is 4. The summed E-state index contributed by atoms with van der Waals surface area (Å²) in [7, 11) is 0. The number of benzene rings is 1. The fraction of sp³-hybridized carbons (Fsp3) is 0.182. The normalized spacial score (nSPS) is 10.2. The maximum atomic E-state index is 11.7. The fourth-order valence-electron chi connectivity index (χ4n) is 1.33. The Labute approximate surface area is 119 Å². The van der Waals surface area contributed by atoms with Crippen molar-refractivity contribution >= 4 is 41.0 Å². The number of carbonyl (C=O) groups is 1. The molecule has 1 heterocycles. The molecule has 100 valence electrons. The minimum atomic E-state index is -0.411. The van der Waals surface area contributed by atoms with Gasteiger partial charge >= 0.3 is 6.03 Å². The van der Waals surface area contributed by atoms with Crippen LogP contribution in [0.15, 0.2) is 29.4 Å². The van der Waals surface area contributed by atoms with Crippen molar-refractivity contribution in [2.75, 3.05) is 16.4 Å². The van der Waals surface area contributed by atoms with Crippen LogP contribution in [-0.2, 0) is 0 Å². The van der Waals surface area contributed by atoms with E-state index >= 15 is 0 Å². The summed E-state index contributed by atoms with van der Waals surface area (Å²) in [5.41, 5.74) is 0.604. The van der Waals surface area contributed by atoms with Crippen molar-refractivity contribution in [3.63, 3.8) is 0 Å². The zero-order valence-electron chi connectivity index (χ0n) is 10.1. The van der Waals surface area contributed by atoms with Crippen molar-refractivity contribution in [1.82, 2.24) is 15.2 Å². The molecular formula is C11H12ClN5OS. The Balaban J connectivity index is 1.93. The number of thioether (sulfide) groups is 1. The first-order valence-electron chi connectivity index (χ1n) is 5.56. The highest BCUT2D eigenvalue weighted by atomic mass is 35.5. The second-order valence-corrected chi connectivity index (χ2v) is 5.16. The molecule has 2 rings (SSSR count). The van der Waals surface area contributed by atoms with Crippen LogP contribution in [0.25, 0.3) is 0 Å². The smallest absolute Gasteiger partial charge is 0.308 e. The van der Waals surface area contributed by atoms with Gasteiger partial charge in [0.25, 0.3) is 0 Å². The molecule has 0 unspecified atom stereocenters. The van der Waals surface area contributed by atoms with Crippen LogP contribution in [0, 0.1) is 0 Å². The van der Waals surface area contributed by atoms with Crippen molar-refractivity contribution in [3.05, 3.63) is 29.3 Å². The van der Waals surface area contributed by atoms with Gasteiger partial charge in [-0.05, 0) is 24.0 Å². The van der Waals surface area contributed by atoms with Gasteiger partial charge in [-0.25, -0.2) is 9.89 Å². The van der Waals surface area contributed by atoms with Crippen LogP contribution in [0.3, 0.4) is 0 Å². The lowest BCUT2D eigenvalue weighted by Crippen LogP contribution is -2.20. The van der Waals surface area contributed by atoms with Crippen LogP contribution in [0.4, 0.5) is 16.4 Å². The van der Waals surface area contributed by atoms with E-state index in [1.807, 2.05) is 6.92 Å². The summed E-state index contributed by atoms with van der Waals surface area (Å²) < 4.78 is 0. The quantitative estimate of drug-likeness (QED) is 0.757. The first-order chi connectivity index (χ1) is 9.17. The van der Waals surface area contributed by atoms with E-state index < -0.39 is 6.03 Å². The summed E-state index contributed by atoms with van der Waals surface area (Å²) in [5.74, 6) is 1.17. The molecule has 3 N–H and O–H groups in total. The van der Waals surface area contributed by atoms with Gasteiger partial charge in [-0.1, -0.05) is 36.4 Å². The second kappa shape index (κ2) is 6.44. The van der Waals surface area contributed by atoms with Gasteiger partial charge in [0.2, 0.25) is 11.1 Å². The molecule has 0 spiro atoms. The third-order valence-corrected chi connectivity index (χ3v) is 3.02. The average Bonchev–Trinajstić information content (AvgIpc) is 2.77. The van der Waals surface area contributed by atoms with Gasteiger partial charge in [-0.2, -0.15) is 4.98 Å². The van der Waals surface area contributed by atoms with Crippen molar-refractivity contribution in [1.29, 1.82) is 0 Å². The van der Waals surface area contributed by atoms with Crippen molar-refractivity contribution in [2.24, 2.45) is 0 Å². The highest BCUT2D eigenvalue weighted by Crippen LogP contribution is 2.16. The molecule has 0 saturated heterocycles. The van der Waals surface area contributed by atoms with Gasteiger partial charge in [-0.15, -0.1) is 5.10 Å². The number of urea groups is 1. The Hall–Kier alpha value is -1.73. The van der Waals surface area contributed by atoms with Crippen molar-refractivity contribution in [2.45, 2.75) is 12.1 Å². The number of hydrogen-bond donors (Lipinski definition) is 3. The largest absolute Gasteiger partial charge is 0.326 e. The highest BCUT2D eigenvalue weighted by molar-refractivity contribution is 7.99. The van der Waals surface area contributed by atoms with Crippen LogP contribution >= 0.6 is 23.4 Å². The van der Waals surface area contributed by atoms with Crippen LogP contribution in [0.5, 0.6) is 0 Å². The van der Waals surface area contributed by atoms with E-state index in [9.17, 15) is 4.79 Å². The average molecular weight is 298 g/mol. The summed E-state index contributed by atoms with van der Waals surface area (Å²) in [6.45, 7) is 2.00. The van der Waals surface area contributed by atoms with E-state index in [4.69, 9.17) is 11.6 Å². The summed E-state index contributed by atoms with van der Waals surface area (Å²) in [6.07, 6.45) is 0.